The third-order valence-corrected chi connectivity index (χ3v) is 3.85. The molecule has 1 saturated carbocycles. The van der Waals surface area contributed by atoms with Gasteiger partial charge in [0.2, 0.25) is 0 Å². The van der Waals surface area contributed by atoms with Crippen LogP contribution in [0.3, 0.4) is 0 Å². The lowest BCUT2D eigenvalue weighted by molar-refractivity contribution is 0.392. The highest BCUT2D eigenvalue weighted by molar-refractivity contribution is 5.64. The molecule has 1 aliphatic heterocycles. The number of benzene rings is 1. The summed E-state index contributed by atoms with van der Waals surface area (Å²) in [5, 5.41) is 0. The topological polar surface area (TPSA) is 29.3 Å². The van der Waals surface area contributed by atoms with E-state index in [0.717, 1.165) is 6.04 Å². The third-order valence-electron chi connectivity index (χ3n) is 3.85. The maximum atomic E-state index is 5.82. The molecule has 1 aromatic rings. The highest BCUT2D eigenvalue weighted by Crippen LogP contribution is 2.38. The van der Waals surface area contributed by atoms with Gasteiger partial charge in [0.05, 0.1) is 0 Å². The molecule has 0 unspecified atom stereocenters. The second-order valence-electron chi connectivity index (χ2n) is 4.66. The molecule has 1 heterocycles. The zero-order valence-corrected chi connectivity index (χ0v) is 9.08. The number of hydrogen-bond acceptors (Lipinski definition) is 2. The molecule has 80 valence electrons. The Morgan fingerprint density at radius 2 is 2.20 bits per heavy atom. The van der Waals surface area contributed by atoms with Crippen LogP contribution in [-0.2, 0) is 13.0 Å². The van der Waals surface area contributed by atoms with Crippen LogP contribution >= 0.6 is 0 Å². The molecule has 3 rings (SSSR count). The maximum absolute atomic E-state index is 5.82. The fourth-order valence-electron chi connectivity index (χ4n) is 2.80. The minimum Gasteiger partial charge on any atom is -0.368 e. The van der Waals surface area contributed by atoms with Gasteiger partial charge in [0.25, 0.3) is 0 Å². The Kier molecular flexibility index (Phi) is 2.17. The van der Waals surface area contributed by atoms with Gasteiger partial charge in [0.1, 0.15) is 0 Å². The smallest absolute Gasteiger partial charge is 0.0447 e. The summed E-state index contributed by atoms with van der Waals surface area (Å²) in [6.45, 7) is 1.88. The Morgan fingerprint density at radius 1 is 1.33 bits per heavy atom. The predicted octanol–water partition coefficient (Wildman–Crippen LogP) is 2.06. The molecule has 2 aliphatic rings. The van der Waals surface area contributed by atoms with Crippen molar-refractivity contribution in [2.75, 3.05) is 11.4 Å². The Balaban J connectivity index is 1.99. The summed E-state index contributed by atoms with van der Waals surface area (Å²) in [4.78, 5) is 2.60. The minimum atomic E-state index is 0.673. The SMILES string of the molecule is NCc1cccc2c1N(C1CCC1)CC2. The number of anilines is 1. The van der Waals surface area contributed by atoms with E-state index in [1.54, 1.807) is 0 Å². The minimum absolute atomic E-state index is 0.673. The van der Waals surface area contributed by atoms with Gasteiger partial charge in [0, 0.05) is 24.8 Å². The zero-order valence-electron chi connectivity index (χ0n) is 9.08. The number of nitrogens with two attached hydrogens (primary N) is 1. The van der Waals surface area contributed by atoms with Gasteiger partial charge in [-0.1, -0.05) is 18.2 Å². The lowest BCUT2D eigenvalue weighted by Gasteiger charge is -2.37. The average molecular weight is 202 g/mol. The van der Waals surface area contributed by atoms with Crippen molar-refractivity contribution < 1.29 is 0 Å². The lowest BCUT2D eigenvalue weighted by Crippen LogP contribution is -2.39. The molecule has 1 fully saturated rings. The number of fused-ring (bicyclic) bond motifs is 1. The fourth-order valence-corrected chi connectivity index (χ4v) is 2.80. The molecule has 2 nitrogen and oxygen atoms in total. The van der Waals surface area contributed by atoms with E-state index in [9.17, 15) is 0 Å². The first-order valence-corrected chi connectivity index (χ1v) is 5.97. The van der Waals surface area contributed by atoms with Gasteiger partial charge in [-0.15, -0.1) is 0 Å². The van der Waals surface area contributed by atoms with Crippen LogP contribution in [0.15, 0.2) is 18.2 Å². The van der Waals surface area contributed by atoms with Gasteiger partial charge < -0.3 is 10.6 Å². The van der Waals surface area contributed by atoms with E-state index in [-0.39, 0.29) is 0 Å². The van der Waals surface area contributed by atoms with Crippen molar-refractivity contribution in [2.24, 2.45) is 5.73 Å². The molecule has 0 spiro atoms. The van der Waals surface area contributed by atoms with Crippen LogP contribution in [0, 0.1) is 0 Å². The Bertz CT molecular complexity index is 369. The van der Waals surface area contributed by atoms with E-state index in [1.165, 1.54) is 49.0 Å². The number of nitrogens with zero attached hydrogens (tertiary/aromatic N) is 1. The van der Waals surface area contributed by atoms with Crippen LogP contribution in [0.1, 0.15) is 30.4 Å². The van der Waals surface area contributed by atoms with Crippen LogP contribution < -0.4 is 10.6 Å². The molecular formula is C13H18N2. The predicted molar refractivity (Wildman–Crippen MR) is 63.0 cm³/mol. The molecule has 2 N–H and O–H groups in total. The Labute approximate surface area is 91.1 Å². The van der Waals surface area contributed by atoms with E-state index in [4.69, 9.17) is 5.73 Å². The highest BCUT2D eigenvalue weighted by atomic mass is 15.2. The van der Waals surface area contributed by atoms with E-state index >= 15 is 0 Å². The van der Waals surface area contributed by atoms with Gasteiger partial charge in [-0.05, 0) is 36.8 Å². The summed E-state index contributed by atoms with van der Waals surface area (Å²) in [6, 6.07) is 7.38. The van der Waals surface area contributed by atoms with Crippen LogP contribution in [-0.4, -0.2) is 12.6 Å². The maximum Gasteiger partial charge on any atom is 0.0447 e. The molecular weight excluding hydrogens is 184 g/mol. The largest absolute Gasteiger partial charge is 0.368 e. The van der Waals surface area contributed by atoms with Crippen LogP contribution in [0.2, 0.25) is 0 Å². The van der Waals surface area contributed by atoms with Crippen molar-refractivity contribution in [3.8, 4) is 0 Å². The molecule has 0 atom stereocenters. The van der Waals surface area contributed by atoms with Crippen molar-refractivity contribution in [3.05, 3.63) is 29.3 Å². The second kappa shape index (κ2) is 3.53. The zero-order chi connectivity index (χ0) is 10.3. The third kappa shape index (κ3) is 1.36. The quantitative estimate of drug-likeness (QED) is 0.795. The van der Waals surface area contributed by atoms with Crippen molar-refractivity contribution in [1.82, 2.24) is 0 Å². The fraction of sp³-hybridized carbons (Fsp3) is 0.538. The molecule has 2 heteroatoms. The molecule has 0 bridgehead atoms. The molecule has 0 aromatic heterocycles. The molecule has 0 saturated heterocycles. The van der Waals surface area contributed by atoms with E-state index < -0.39 is 0 Å². The van der Waals surface area contributed by atoms with Crippen LogP contribution in [0.5, 0.6) is 0 Å². The second-order valence-corrected chi connectivity index (χ2v) is 4.66. The number of rotatable bonds is 2. The van der Waals surface area contributed by atoms with E-state index in [2.05, 4.69) is 23.1 Å². The van der Waals surface area contributed by atoms with E-state index in [0.29, 0.717) is 6.54 Å². The van der Waals surface area contributed by atoms with Crippen LogP contribution in [0.4, 0.5) is 5.69 Å². The van der Waals surface area contributed by atoms with Gasteiger partial charge in [0.15, 0.2) is 0 Å². The lowest BCUT2D eigenvalue weighted by atomic mass is 9.91. The summed E-state index contributed by atoms with van der Waals surface area (Å²) in [5.74, 6) is 0. The average Bonchev–Trinajstić information content (AvgIpc) is 2.59. The van der Waals surface area contributed by atoms with Crippen LogP contribution in [0.25, 0.3) is 0 Å². The normalized spacial score (nSPS) is 20.2. The first-order chi connectivity index (χ1) is 7.40. The molecule has 0 radical (unpaired) electrons. The van der Waals surface area contributed by atoms with Gasteiger partial charge in [-0.25, -0.2) is 0 Å². The Hall–Kier alpha value is -1.02. The van der Waals surface area contributed by atoms with Crippen molar-refractivity contribution in [1.29, 1.82) is 0 Å². The molecule has 1 aliphatic carbocycles. The number of para-hydroxylation sites is 1. The summed E-state index contributed by atoms with van der Waals surface area (Å²) >= 11 is 0. The molecule has 15 heavy (non-hydrogen) atoms. The number of hydrogen-bond donors (Lipinski definition) is 1. The van der Waals surface area contributed by atoms with Gasteiger partial charge in [-0.2, -0.15) is 0 Å². The summed E-state index contributed by atoms with van der Waals surface area (Å²) in [6.07, 6.45) is 5.36. The van der Waals surface area contributed by atoms with Crippen molar-refractivity contribution in [2.45, 2.75) is 38.3 Å². The first-order valence-electron chi connectivity index (χ1n) is 5.97. The first kappa shape index (κ1) is 9.22. The molecule has 1 aromatic carbocycles. The summed E-state index contributed by atoms with van der Waals surface area (Å²) in [7, 11) is 0. The van der Waals surface area contributed by atoms with Crippen molar-refractivity contribution in [3.63, 3.8) is 0 Å². The van der Waals surface area contributed by atoms with Gasteiger partial charge in [-0.3, -0.25) is 0 Å². The van der Waals surface area contributed by atoms with Crippen molar-refractivity contribution >= 4 is 5.69 Å². The van der Waals surface area contributed by atoms with E-state index in [1.807, 2.05) is 0 Å². The summed E-state index contributed by atoms with van der Waals surface area (Å²) in [5.41, 5.74) is 10.1. The molecule has 0 amide bonds. The summed E-state index contributed by atoms with van der Waals surface area (Å²) < 4.78 is 0. The van der Waals surface area contributed by atoms with Gasteiger partial charge >= 0.3 is 0 Å². The standard InChI is InChI=1S/C13H18N2/c14-9-11-4-1-3-10-7-8-15(13(10)11)12-5-2-6-12/h1,3-4,12H,2,5-9,14H2. The Morgan fingerprint density at radius 3 is 2.87 bits per heavy atom. The monoisotopic (exact) mass is 202 g/mol. The highest BCUT2D eigenvalue weighted by Gasteiger charge is 2.31.